The van der Waals surface area contributed by atoms with Gasteiger partial charge in [-0.05, 0) is 29.3 Å². The maximum Gasteiger partial charge on any atom is 0.207 e. The molecule has 6 heteroatoms. The van der Waals surface area contributed by atoms with Gasteiger partial charge in [0.25, 0.3) is 0 Å². The summed E-state index contributed by atoms with van der Waals surface area (Å²) in [7, 11) is -2.04. The Hall–Kier alpha value is -1.23. The zero-order valence-corrected chi connectivity index (χ0v) is 13.5. The molecule has 0 bridgehead atoms. The van der Waals surface area contributed by atoms with Crippen molar-refractivity contribution in [3.05, 3.63) is 41.5 Å². The van der Waals surface area contributed by atoms with Crippen LogP contribution in [0.3, 0.4) is 0 Å². The van der Waals surface area contributed by atoms with Gasteiger partial charge in [-0.25, -0.2) is 8.42 Å². The fraction of sp³-hybridized carbons (Fsp3) is 0.200. The van der Waals surface area contributed by atoms with Gasteiger partial charge < -0.3 is 4.74 Å². The van der Waals surface area contributed by atoms with Crippen molar-refractivity contribution in [2.45, 2.75) is 21.6 Å². The summed E-state index contributed by atoms with van der Waals surface area (Å²) in [6, 6.07) is 8.61. The van der Waals surface area contributed by atoms with Crippen LogP contribution >= 0.6 is 23.2 Å². The molecule has 0 unspecified atom stereocenters. The highest BCUT2D eigenvalue weighted by molar-refractivity contribution is 7.92. The SMILES string of the molecule is COc1cc(CCl)cc2c1-c1ccc(CCl)cc1S2(=O)=O. The lowest BCUT2D eigenvalue weighted by molar-refractivity contribution is 0.415. The third-order valence-corrected chi connectivity index (χ3v) is 5.98. The van der Waals surface area contributed by atoms with Crippen LogP contribution in [0.1, 0.15) is 11.1 Å². The van der Waals surface area contributed by atoms with Crippen LogP contribution in [0.4, 0.5) is 0 Å². The molecule has 21 heavy (non-hydrogen) atoms. The molecule has 1 aliphatic heterocycles. The van der Waals surface area contributed by atoms with Gasteiger partial charge in [-0.2, -0.15) is 0 Å². The molecule has 110 valence electrons. The van der Waals surface area contributed by atoms with Crippen LogP contribution in [0.5, 0.6) is 5.75 Å². The number of methoxy groups -OCH3 is 1. The fourth-order valence-electron chi connectivity index (χ4n) is 2.56. The van der Waals surface area contributed by atoms with E-state index >= 15 is 0 Å². The minimum atomic E-state index is -3.56. The van der Waals surface area contributed by atoms with Gasteiger partial charge in [0.15, 0.2) is 0 Å². The molecular formula is C15H12Cl2O3S. The summed E-state index contributed by atoms with van der Waals surface area (Å²) in [4.78, 5) is 0.528. The molecule has 0 N–H and O–H groups in total. The van der Waals surface area contributed by atoms with E-state index in [9.17, 15) is 8.42 Å². The van der Waals surface area contributed by atoms with E-state index in [1.807, 2.05) is 6.07 Å². The van der Waals surface area contributed by atoms with Gasteiger partial charge in [0, 0.05) is 22.9 Å². The van der Waals surface area contributed by atoms with E-state index in [0.717, 1.165) is 5.56 Å². The van der Waals surface area contributed by atoms with Crippen LogP contribution in [0.25, 0.3) is 11.1 Å². The summed E-state index contributed by atoms with van der Waals surface area (Å²) >= 11 is 11.6. The molecule has 1 aliphatic rings. The maximum absolute atomic E-state index is 12.7. The summed E-state index contributed by atoms with van der Waals surface area (Å²) in [5.74, 6) is 1.01. The van der Waals surface area contributed by atoms with E-state index in [-0.39, 0.29) is 21.6 Å². The van der Waals surface area contributed by atoms with Gasteiger partial charge in [-0.15, -0.1) is 23.2 Å². The Labute approximate surface area is 133 Å². The first kappa shape index (κ1) is 14.7. The molecule has 0 spiro atoms. The van der Waals surface area contributed by atoms with Crippen molar-refractivity contribution >= 4 is 33.0 Å². The summed E-state index contributed by atoms with van der Waals surface area (Å²) in [5.41, 5.74) is 2.73. The normalized spacial score (nSPS) is 14.6. The molecule has 1 heterocycles. The van der Waals surface area contributed by atoms with Gasteiger partial charge >= 0.3 is 0 Å². The van der Waals surface area contributed by atoms with Gasteiger partial charge in [0.05, 0.1) is 16.9 Å². The van der Waals surface area contributed by atoms with Crippen molar-refractivity contribution in [2.75, 3.05) is 7.11 Å². The topological polar surface area (TPSA) is 43.4 Å². The van der Waals surface area contributed by atoms with Crippen molar-refractivity contribution in [3.63, 3.8) is 0 Å². The number of hydrogen-bond acceptors (Lipinski definition) is 3. The van der Waals surface area contributed by atoms with E-state index in [2.05, 4.69) is 0 Å². The van der Waals surface area contributed by atoms with E-state index in [4.69, 9.17) is 27.9 Å². The summed E-state index contributed by atoms with van der Waals surface area (Å²) in [6.07, 6.45) is 0. The second kappa shape index (κ2) is 5.20. The zero-order chi connectivity index (χ0) is 15.2. The fourth-order valence-corrected chi connectivity index (χ4v) is 4.67. The van der Waals surface area contributed by atoms with Crippen LogP contribution in [-0.2, 0) is 21.6 Å². The number of halogens is 2. The first-order valence-electron chi connectivity index (χ1n) is 6.24. The molecule has 3 rings (SSSR count). The predicted octanol–water partition coefficient (Wildman–Crippen LogP) is 3.99. The number of hydrogen-bond donors (Lipinski definition) is 0. The average Bonchev–Trinajstić information content (AvgIpc) is 2.74. The molecule has 2 aromatic carbocycles. The van der Waals surface area contributed by atoms with Crippen molar-refractivity contribution in [1.82, 2.24) is 0 Å². The first-order valence-corrected chi connectivity index (χ1v) is 8.79. The van der Waals surface area contributed by atoms with E-state index in [1.54, 1.807) is 24.3 Å². The Morgan fingerprint density at radius 3 is 2.29 bits per heavy atom. The minimum absolute atomic E-state index is 0.225. The highest BCUT2D eigenvalue weighted by Gasteiger charge is 2.35. The van der Waals surface area contributed by atoms with Gasteiger partial charge in [-0.1, -0.05) is 12.1 Å². The Morgan fingerprint density at radius 1 is 1.00 bits per heavy atom. The Morgan fingerprint density at radius 2 is 1.67 bits per heavy atom. The molecule has 0 fully saturated rings. The van der Waals surface area contributed by atoms with Gasteiger partial charge in [-0.3, -0.25) is 0 Å². The summed E-state index contributed by atoms with van der Waals surface area (Å²) < 4.78 is 30.8. The highest BCUT2D eigenvalue weighted by Crippen LogP contribution is 2.48. The molecule has 0 atom stereocenters. The third-order valence-electron chi connectivity index (χ3n) is 3.55. The summed E-state index contributed by atoms with van der Waals surface area (Å²) in [6.45, 7) is 0. The summed E-state index contributed by atoms with van der Waals surface area (Å²) in [5, 5.41) is 0. The first-order chi connectivity index (χ1) is 10.0. The number of alkyl halides is 2. The largest absolute Gasteiger partial charge is 0.496 e. The van der Waals surface area contributed by atoms with E-state index in [0.29, 0.717) is 22.4 Å². The number of sulfone groups is 1. The van der Waals surface area contributed by atoms with Crippen LogP contribution < -0.4 is 4.74 Å². The lowest BCUT2D eigenvalue weighted by Crippen LogP contribution is -1.98. The predicted molar refractivity (Wildman–Crippen MR) is 83.0 cm³/mol. The lowest BCUT2D eigenvalue weighted by Gasteiger charge is -2.09. The molecule has 0 aliphatic carbocycles. The second-order valence-corrected chi connectivity index (χ2v) is 7.19. The van der Waals surface area contributed by atoms with Crippen LogP contribution in [-0.4, -0.2) is 15.5 Å². The van der Waals surface area contributed by atoms with Gasteiger partial charge in [0.2, 0.25) is 9.84 Å². The van der Waals surface area contributed by atoms with Crippen molar-refractivity contribution in [1.29, 1.82) is 0 Å². The Bertz CT molecular complexity index is 829. The standard InChI is InChI=1S/C15H12Cl2O3S/c1-20-12-4-10(8-17)6-14-15(12)11-3-2-9(7-16)5-13(11)21(14,18)19/h2-6H,7-8H2,1H3. The van der Waals surface area contributed by atoms with Crippen molar-refractivity contribution in [3.8, 4) is 16.9 Å². The molecule has 0 radical (unpaired) electrons. The second-order valence-electron chi connectivity index (χ2n) is 4.77. The van der Waals surface area contributed by atoms with Crippen molar-refractivity contribution < 1.29 is 13.2 Å². The maximum atomic E-state index is 12.7. The third kappa shape index (κ3) is 2.13. The van der Waals surface area contributed by atoms with Gasteiger partial charge in [0.1, 0.15) is 5.75 Å². The van der Waals surface area contributed by atoms with Crippen LogP contribution in [0.2, 0.25) is 0 Å². The smallest absolute Gasteiger partial charge is 0.207 e. The molecule has 0 saturated heterocycles. The average molecular weight is 343 g/mol. The quantitative estimate of drug-likeness (QED) is 0.676. The highest BCUT2D eigenvalue weighted by atomic mass is 35.5. The molecular weight excluding hydrogens is 331 g/mol. The van der Waals surface area contributed by atoms with E-state index < -0.39 is 9.84 Å². The molecule has 3 nitrogen and oxygen atoms in total. The van der Waals surface area contributed by atoms with Crippen LogP contribution in [0.15, 0.2) is 40.1 Å². The van der Waals surface area contributed by atoms with Crippen LogP contribution in [0, 0.1) is 0 Å². The molecule has 0 saturated carbocycles. The number of ether oxygens (including phenoxy) is 1. The molecule has 0 aromatic heterocycles. The van der Waals surface area contributed by atoms with Crippen molar-refractivity contribution in [2.24, 2.45) is 0 Å². The van der Waals surface area contributed by atoms with E-state index in [1.165, 1.54) is 7.11 Å². The monoisotopic (exact) mass is 342 g/mol. The minimum Gasteiger partial charge on any atom is -0.496 e. The number of rotatable bonds is 3. The number of fused-ring (bicyclic) bond motifs is 3. The molecule has 2 aromatic rings. The zero-order valence-electron chi connectivity index (χ0n) is 11.2. The number of benzene rings is 2. The lowest BCUT2D eigenvalue weighted by atomic mass is 10.0. The Kier molecular flexibility index (Phi) is 3.64. The Balaban J connectivity index is 2.39. The molecule has 0 amide bonds.